The van der Waals surface area contributed by atoms with Gasteiger partial charge in [-0.1, -0.05) is 6.07 Å². The summed E-state index contributed by atoms with van der Waals surface area (Å²) in [6.07, 6.45) is 5.63. The van der Waals surface area contributed by atoms with Gasteiger partial charge in [0.05, 0.1) is 18.6 Å². The number of rotatable bonds is 5. The molecule has 1 aliphatic carbocycles. The molecule has 0 unspecified atom stereocenters. The summed E-state index contributed by atoms with van der Waals surface area (Å²) in [5.74, 6) is 0.00712. The number of hydrogen-bond donors (Lipinski definition) is 3. The van der Waals surface area contributed by atoms with Crippen molar-refractivity contribution in [3.8, 4) is 0 Å². The van der Waals surface area contributed by atoms with E-state index in [1.165, 1.54) is 0 Å². The quantitative estimate of drug-likeness (QED) is 0.765. The first kappa shape index (κ1) is 11.8. The highest BCUT2D eigenvalue weighted by molar-refractivity contribution is 5.95. The van der Waals surface area contributed by atoms with Crippen LogP contribution < -0.4 is 10.6 Å². The monoisotopic (exact) mass is 256 g/mol. The number of anilines is 1. The molecule has 1 saturated carbocycles. The van der Waals surface area contributed by atoms with Gasteiger partial charge in [0.1, 0.15) is 0 Å². The van der Waals surface area contributed by atoms with E-state index >= 15 is 0 Å². The Bertz CT molecular complexity index is 561. The largest absolute Gasteiger partial charge is 0.379 e. The van der Waals surface area contributed by atoms with E-state index in [9.17, 15) is 4.79 Å². The zero-order valence-electron chi connectivity index (χ0n) is 10.5. The van der Waals surface area contributed by atoms with Crippen molar-refractivity contribution in [2.75, 3.05) is 5.32 Å². The topological polar surface area (TPSA) is 69.8 Å². The number of benzene rings is 1. The lowest BCUT2D eigenvalue weighted by atomic mass is 10.2. The van der Waals surface area contributed by atoms with E-state index in [0.29, 0.717) is 18.2 Å². The van der Waals surface area contributed by atoms with Gasteiger partial charge in [0.2, 0.25) is 0 Å². The van der Waals surface area contributed by atoms with Crippen LogP contribution in [-0.2, 0) is 6.54 Å². The minimum absolute atomic E-state index is 0.00712. The number of imidazole rings is 1. The molecule has 0 aliphatic heterocycles. The molecule has 0 spiro atoms. The molecule has 0 bridgehead atoms. The van der Waals surface area contributed by atoms with Crippen LogP contribution in [0.15, 0.2) is 36.8 Å². The standard InChI is InChI=1S/C14H16N4O/c19-14(18-11-4-5-11)10-2-1-3-12(6-10)16-8-13-7-15-9-17-13/h1-3,6-7,9,11,16H,4-5,8H2,(H,15,17)(H,18,19). The van der Waals surface area contributed by atoms with Crippen molar-refractivity contribution in [1.82, 2.24) is 15.3 Å². The van der Waals surface area contributed by atoms with Crippen LogP contribution in [0.5, 0.6) is 0 Å². The molecule has 1 amide bonds. The molecular formula is C14H16N4O. The maximum Gasteiger partial charge on any atom is 0.251 e. The van der Waals surface area contributed by atoms with Gasteiger partial charge in [-0.2, -0.15) is 0 Å². The molecule has 98 valence electrons. The summed E-state index contributed by atoms with van der Waals surface area (Å²) in [6.45, 7) is 0.660. The summed E-state index contributed by atoms with van der Waals surface area (Å²) >= 11 is 0. The number of amides is 1. The van der Waals surface area contributed by atoms with E-state index in [1.807, 2.05) is 24.3 Å². The Labute approximate surface area is 111 Å². The van der Waals surface area contributed by atoms with Crippen LogP contribution in [-0.4, -0.2) is 21.9 Å². The lowest BCUT2D eigenvalue weighted by Gasteiger charge is -2.08. The van der Waals surface area contributed by atoms with Crippen molar-refractivity contribution in [1.29, 1.82) is 0 Å². The average molecular weight is 256 g/mol. The van der Waals surface area contributed by atoms with Gasteiger partial charge < -0.3 is 15.6 Å². The summed E-state index contributed by atoms with van der Waals surface area (Å²) in [5, 5.41) is 6.24. The molecular weight excluding hydrogens is 240 g/mol. The lowest BCUT2D eigenvalue weighted by Crippen LogP contribution is -2.25. The van der Waals surface area contributed by atoms with Crippen molar-refractivity contribution >= 4 is 11.6 Å². The molecule has 0 saturated heterocycles. The zero-order valence-corrected chi connectivity index (χ0v) is 10.5. The molecule has 1 heterocycles. The Morgan fingerprint density at radius 2 is 2.32 bits per heavy atom. The average Bonchev–Trinajstić information content (AvgIpc) is 3.09. The van der Waals surface area contributed by atoms with Crippen LogP contribution in [0.3, 0.4) is 0 Å². The van der Waals surface area contributed by atoms with E-state index in [1.54, 1.807) is 12.5 Å². The molecule has 0 radical (unpaired) electrons. The Kier molecular flexibility index (Phi) is 3.18. The molecule has 1 aromatic heterocycles. The van der Waals surface area contributed by atoms with E-state index in [4.69, 9.17) is 0 Å². The maximum atomic E-state index is 11.9. The van der Waals surface area contributed by atoms with Gasteiger partial charge in [0, 0.05) is 23.5 Å². The van der Waals surface area contributed by atoms with Crippen molar-refractivity contribution in [3.05, 3.63) is 48.0 Å². The van der Waals surface area contributed by atoms with Crippen molar-refractivity contribution < 1.29 is 4.79 Å². The second-order valence-corrected chi connectivity index (χ2v) is 4.76. The third-order valence-corrected chi connectivity index (χ3v) is 3.08. The first-order chi connectivity index (χ1) is 9.31. The molecule has 0 atom stereocenters. The third-order valence-electron chi connectivity index (χ3n) is 3.08. The number of nitrogens with zero attached hydrogens (tertiary/aromatic N) is 1. The number of aromatic amines is 1. The summed E-state index contributed by atoms with van der Waals surface area (Å²) in [4.78, 5) is 18.9. The van der Waals surface area contributed by atoms with E-state index in [2.05, 4.69) is 20.6 Å². The van der Waals surface area contributed by atoms with Crippen LogP contribution >= 0.6 is 0 Å². The fraction of sp³-hybridized carbons (Fsp3) is 0.286. The predicted octanol–water partition coefficient (Wildman–Crippen LogP) is 1.91. The molecule has 5 nitrogen and oxygen atoms in total. The highest BCUT2D eigenvalue weighted by Gasteiger charge is 2.23. The molecule has 3 rings (SSSR count). The molecule has 19 heavy (non-hydrogen) atoms. The molecule has 1 fully saturated rings. The van der Waals surface area contributed by atoms with E-state index in [0.717, 1.165) is 24.2 Å². The highest BCUT2D eigenvalue weighted by Crippen LogP contribution is 2.20. The van der Waals surface area contributed by atoms with Gasteiger partial charge in [0.25, 0.3) is 5.91 Å². The molecule has 2 aromatic rings. The van der Waals surface area contributed by atoms with Crippen LogP contribution in [0, 0.1) is 0 Å². The molecule has 3 N–H and O–H groups in total. The Balaban J connectivity index is 1.63. The summed E-state index contributed by atoms with van der Waals surface area (Å²) in [6, 6.07) is 7.92. The van der Waals surface area contributed by atoms with E-state index in [-0.39, 0.29) is 5.91 Å². The van der Waals surface area contributed by atoms with E-state index < -0.39 is 0 Å². The number of aromatic nitrogens is 2. The Morgan fingerprint density at radius 3 is 3.05 bits per heavy atom. The number of carbonyl (C=O) groups is 1. The normalized spacial score (nSPS) is 14.1. The SMILES string of the molecule is O=C(NC1CC1)c1cccc(NCc2cnc[nH]2)c1. The fourth-order valence-electron chi connectivity index (χ4n) is 1.85. The van der Waals surface area contributed by atoms with Gasteiger partial charge in [-0.05, 0) is 31.0 Å². The minimum atomic E-state index is 0.00712. The smallest absolute Gasteiger partial charge is 0.251 e. The number of carbonyl (C=O) groups excluding carboxylic acids is 1. The first-order valence-electron chi connectivity index (χ1n) is 6.43. The summed E-state index contributed by atoms with van der Waals surface area (Å²) in [5.41, 5.74) is 2.63. The third kappa shape index (κ3) is 3.13. The van der Waals surface area contributed by atoms with Crippen LogP contribution in [0.2, 0.25) is 0 Å². The number of nitrogens with one attached hydrogen (secondary N) is 3. The lowest BCUT2D eigenvalue weighted by molar-refractivity contribution is 0.0951. The highest BCUT2D eigenvalue weighted by atomic mass is 16.1. The Morgan fingerprint density at radius 1 is 1.42 bits per heavy atom. The Hall–Kier alpha value is -2.30. The van der Waals surface area contributed by atoms with Crippen molar-refractivity contribution in [3.63, 3.8) is 0 Å². The summed E-state index contributed by atoms with van der Waals surface area (Å²) in [7, 11) is 0. The number of hydrogen-bond acceptors (Lipinski definition) is 3. The van der Waals surface area contributed by atoms with Crippen LogP contribution in [0.25, 0.3) is 0 Å². The van der Waals surface area contributed by atoms with Gasteiger partial charge in [-0.25, -0.2) is 4.98 Å². The van der Waals surface area contributed by atoms with Crippen LogP contribution in [0.4, 0.5) is 5.69 Å². The summed E-state index contributed by atoms with van der Waals surface area (Å²) < 4.78 is 0. The van der Waals surface area contributed by atoms with Gasteiger partial charge in [0.15, 0.2) is 0 Å². The van der Waals surface area contributed by atoms with Crippen molar-refractivity contribution in [2.45, 2.75) is 25.4 Å². The van der Waals surface area contributed by atoms with Gasteiger partial charge >= 0.3 is 0 Å². The van der Waals surface area contributed by atoms with Crippen LogP contribution in [0.1, 0.15) is 28.9 Å². The maximum absolute atomic E-state index is 11.9. The second-order valence-electron chi connectivity index (χ2n) is 4.76. The zero-order chi connectivity index (χ0) is 13.1. The molecule has 5 heteroatoms. The van der Waals surface area contributed by atoms with Gasteiger partial charge in [-0.3, -0.25) is 4.79 Å². The second kappa shape index (κ2) is 5.14. The minimum Gasteiger partial charge on any atom is -0.379 e. The molecule has 1 aromatic carbocycles. The first-order valence-corrected chi connectivity index (χ1v) is 6.43. The predicted molar refractivity (Wildman–Crippen MR) is 72.8 cm³/mol. The van der Waals surface area contributed by atoms with Crippen molar-refractivity contribution in [2.24, 2.45) is 0 Å². The number of H-pyrrole nitrogens is 1. The fourth-order valence-corrected chi connectivity index (χ4v) is 1.85. The molecule has 1 aliphatic rings. The van der Waals surface area contributed by atoms with Gasteiger partial charge in [-0.15, -0.1) is 0 Å².